The molecule has 34 heavy (non-hydrogen) atoms. The smallest absolute Gasteiger partial charge is 0.141 e. The molecular weight excluding hydrogens is 412 g/mol. The van der Waals surface area contributed by atoms with E-state index in [1.54, 1.807) is 0 Å². The second-order valence-corrected chi connectivity index (χ2v) is 13.9. The van der Waals surface area contributed by atoms with Crippen molar-refractivity contribution in [2.45, 2.75) is 118 Å². The van der Waals surface area contributed by atoms with E-state index >= 15 is 0 Å². The molecule has 1 nitrogen and oxygen atoms in total. The van der Waals surface area contributed by atoms with Crippen LogP contribution < -0.4 is 0 Å². The molecule has 2 aromatic carbocycles. The number of Topliss-reactive ketones (excluding diaryl/α,β-unsaturated/α-hetero) is 1. The number of ketones is 1. The van der Waals surface area contributed by atoms with Crippen molar-refractivity contribution in [1.82, 2.24) is 0 Å². The Morgan fingerprint density at radius 2 is 0.853 bits per heavy atom. The van der Waals surface area contributed by atoms with Gasteiger partial charge in [0.15, 0.2) is 0 Å². The summed E-state index contributed by atoms with van der Waals surface area (Å²) in [4.78, 5) is 13.4. The van der Waals surface area contributed by atoms with Crippen LogP contribution in [0.4, 0.5) is 0 Å². The highest BCUT2D eigenvalue weighted by Crippen LogP contribution is 2.55. The van der Waals surface area contributed by atoms with E-state index in [0.29, 0.717) is 30.5 Å². The molecule has 0 saturated carbocycles. The van der Waals surface area contributed by atoms with E-state index in [2.05, 4.69) is 107 Å². The van der Waals surface area contributed by atoms with Crippen molar-refractivity contribution in [2.24, 2.45) is 11.8 Å². The van der Waals surface area contributed by atoms with Crippen LogP contribution in [0.1, 0.15) is 114 Å². The van der Waals surface area contributed by atoms with Gasteiger partial charge in [-0.15, -0.1) is 0 Å². The SMILES string of the molecule is Cc1cc2c(cc1CC(=O)Cc1cc3c(cc1C)C(C)(C)C(C)C3(C)C)C(C)(C)C(C)C2(C)C. The molecule has 0 aliphatic heterocycles. The second-order valence-electron chi connectivity index (χ2n) is 13.9. The Labute approximate surface area is 208 Å². The van der Waals surface area contributed by atoms with Crippen LogP contribution in [0.15, 0.2) is 24.3 Å². The zero-order valence-electron chi connectivity index (χ0n) is 23.8. The van der Waals surface area contributed by atoms with E-state index in [1.165, 1.54) is 44.5 Å². The molecule has 2 aliphatic rings. The molecule has 2 unspecified atom stereocenters. The van der Waals surface area contributed by atoms with Gasteiger partial charge in [0.05, 0.1) is 0 Å². The lowest BCUT2D eigenvalue weighted by Gasteiger charge is -2.32. The summed E-state index contributed by atoms with van der Waals surface area (Å²) in [6.07, 6.45) is 1.04. The van der Waals surface area contributed by atoms with Gasteiger partial charge < -0.3 is 0 Å². The van der Waals surface area contributed by atoms with Gasteiger partial charge in [-0.1, -0.05) is 93.5 Å². The van der Waals surface area contributed by atoms with Crippen LogP contribution in [0.2, 0.25) is 0 Å². The molecule has 0 bridgehead atoms. The summed E-state index contributed by atoms with van der Waals surface area (Å²) in [5.74, 6) is 1.44. The van der Waals surface area contributed by atoms with E-state index in [-0.39, 0.29) is 21.7 Å². The molecular formula is C33H46O. The lowest BCUT2D eigenvalue weighted by atomic mass is 9.71. The monoisotopic (exact) mass is 458 g/mol. The maximum atomic E-state index is 13.4. The predicted molar refractivity (Wildman–Crippen MR) is 145 cm³/mol. The third-order valence-corrected chi connectivity index (χ3v) is 10.8. The highest BCUT2D eigenvalue weighted by Gasteiger charge is 2.49. The number of fused-ring (bicyclic) bond motifs is 2. The first-order chi connectivity index (χ1) is 15.4. The standard InChI is InChI=1S/C33H46O/c1-19-13-26-28(32(9,10)21(3)30(26,5)6)17-23(19)15-25(34)16-24-18-29-27(14-20(24)2)31(7,8)22(4)33(29,11)12/h13-14,17-18,21-22H,15-16H2,1-12H3. The Bertz CT molecular complexity index is 1080. The van der Waals surface area contributed by atoms with Crippen molar-refractivity contribution in [1.29, 1.82) is 0 Å². The van der Waals surface area contributed by atoms with E-state index in [0.717, 1.165) is 0 Å². The van der Waals surface area contributed by atoms with Gasteiger partial charge in [-0.05, 0) is 91.9 Å². The summed E-state index contributed by atoms with van der Waals surface area (Å²) in [5, 5.41) is 0. The van der Waals surface area contributed by atoms with Gasteiger partial charge in [-0.3, -0.25) is 4.79 Å². The van der Waals surface area contributed by atoms with Gasteiger partial charge in [0.1, 0.15) is 5.78 Å². The Hall–Kier alpha value is -1.89. The second kappa shape index (κ2) is 7.55. The maximum absolute atomic E-state index is 13.4. The molecule has 0 fully saturated rings. The fourth-order valence-corrected chi connectivity index (χ4v) is 7.24. The molecule has 1 heteroatoms. The number of carbonyl (C=O) groups excluding carboxylic acids is 1. The molecule has 0 heterocycles. The van der Waals surface area contributed by atoms with Crippen LogP contribution >= 0.6 is 0 Å². The summed E-state index contributed by atoms with van der Waals surface area (Å²) < 4.78 is 0. The lowest BCUT2D eigenvalue weighted by Crippen LogP contribution is -2.30. The predicted octanol–water partition coefficient (Wildman–Crippen LogP) is 8.07. The zero-order chi connectivity index (χ0) is 25.6. The summed E-state index contributed by atoms with van der Waals surface area (Å²) >= 11 is 0. The summed E-state index contributed by atoms with van der Waals surface area (Å²) in [6.45, 7) is 28.1. The van der Waals surface area contributed by atoms with Crippen molar-refractivity contribution in [3.8, 4) is 0 Å². The highest BCUT2D eigenvalue weighted by atomic mass is 16.1. The molecule has 2 aliphatic carbocycles. The largest absolute Gasteiger partial charge is 0.299 e. The molecule has 184 valence electrons. The van der Waals surface area contributed by atoms with Crippen LogP contribution in [-0.2, 0) is 39.3 Å². The third-order valence-electron chi connectivity index (χ3n) is 10.8. The Kier molecular flexibility index (Phi) is 5.60. The van der Waals surface area contributed by atoms with Crippen LogP contribution in [0.3, 0.4) is 0 Å². The lowest BCUT2D eigenvalue weighted by molar-refractivity contribution is -0.117. The topological polar surface area (TPSA) is 17.1 Å². The van der Waals surface area contributed by atoms with Gasteiger partial charge in [0, 0.05) is 12.8 Å². The molecule has 0 aromatic heterocycles. The van der Waals surface area contributed by atoms with Crippen LogP contribution in [0, 0.1) is 25.7 Å². The Morgan fingerprint density at radius 1 is 0.588 bits per heavy atom. The highest BCUT2D eigenvalue weighted by molar-refractivity contribution is 5.84. The number of rotatable bonds is 4. The van der Waals surface area contributed by atoms with Gasteiger partial charge in [-0.25, -0.2) is 0 Å². The van der Waals surface area contributed by atoms with Gasteiger partial charge in [-0.2, -0.15) is 0 Å². The molecule has 4 rings (SSSR count). The summed E-state index contributed by atoms with van der Waals surface area (Å²) in [7, 11) is 0. The fourth-order valence-electron chi connectivity index (χ4n) is 7.24. The van der Waals surface area contributed by atoms with Gasteiger partial charge >= 0.3 is 0 Å². The normalized spacial score (nSPS) is 25.2. The van der Waals surface area contributed by atoms with E-state index in [9.17, 15) is 4.79 Å². The first kappa shape index (κ1) is 25.2. The van der Waals surface area contributed by atoms with E-state index in [4.69, 9.17) is 0 Å². The number of carbonyl (C=O) groups is 1. The van der Waals surface area contributed by atoms with Crippen LogP contribution in [0.5, 0.6) is 0 Å². The van der Waals surface area contributed by atoms with Gasteiger partial charge in [0.2, 0.25) is 0 Å². The molecule has 2 aromatic rings. The molecule has 2 atom stereocenters. The minimum Gasteiger partial charge on any atom is -0.299 e. The number of benzene rings is 2. The van der Waals surface area contributed by atoms with Crippen molar-refractivity contribution < 1.29 is 4.79 Å². The first-order valence-corrected chi connectivity index (χ1v) is 13.2. The molecule has 0 saturated heterocycles. The minimum absolute atomic E-state index is 0.121. The Morgan fingerprint density at radius 3 is 1.15 bits per heavy atom. The minimum atomic E-state index is 0.121. The van der Waals surface area contributed by atoms with E-state index in [1.807, 2.05) is 0 Å². The zero-order valence-corrected chi connectivity index (χ0v) is 23.8. The van der Waals surface area contributed by atoms with Crippen molar-refractivity contribution in [3.63, 3.8) is 0 Å². The summed E-state index contributed by atoms with van der Waals surface area (Å²) in [6, 6.07) is 9.46. The summed E-state index contributed by atoms with van der Waals surface area (Å²) in [5.41, 5.74) is 11.3. The number of aryl methyl sites for hydroxylation is 2. The fraction of sp³-hybridized carbons (Fsp3) is 0.606. The quantitative estimate of drug-likeness (QED) is 0.453. The van der Waals surface area contributed by atoms with Gasteiger partial charge in [0.25, 0.3) is 0 Å². The third kappa shape index (κ3) is 3.44. The number of hydrogen-bond donors (Lipinski definition) is 0. The van der Waals surface area contributed by atoms with Crippen molar-refractivity contribution in [2.75, 3.05) is 0 Å². The van der Waals surface area contributed by atoms with E-state index < -0.39 is 0 Å². The molecule has 0 radical (unpaired) electrons. The molecule has 0 N–H and O–H groups in total. The average Bonchev–Trinajstić information content (AvgIpc) is 2.94. The van der Waals surface area contributed by atoms with Crippen LogP contribution in [0.25, 0.3) is 0 Å². The maximum Gasteiger partial charge on any atom is 0.141 e. The van der Waals surface area contributed by atoms with Crippen molar-refractivity contribution >= 4 is 5.78 Å². The first-order valence-electron chi connectivity index (χ1n) is 13.2. The van der Waals surface area contributed by atoms with Crippen molar-refractivity contribution in [3.05, 3.63) is 68.8 Å². The molecule has 0 amide bonds. The Balaban J connectivity index is 1.64. The molecule has 0 spiro atoms. The number of hydrogen-bond acceptors (Lipinski definition) is 1. The average molecular weight is 459 g/mol. The van der Waals surface area contributed by atoms with Crippen LogP contribution in [-0.4, -0.2) is 5.78 Å².